The smallest absolute Gasteiger partial charge is 0.291 e. The van der Waals surface area contributed by atoms with E-state index >= 15 is 0 Å². The molecule has 0 saturated heterocycles. The number of pyridine rings is 1. The van der Waals surface area contributed by atoms with Gasteiger partial charge in [-0.1, -0.05) is 6.07 Å². The molecule has 2 heterocycles. The molecule has 0 spiro atoms. The number of aromatic nitrogens is 2. The third-order valence-corrected chi connectivity index (χ3v) is 2.22. The molecule has 0 bridgehead atoms. The molecule has 2 rings (SSSR count). The molecule has 2 aromatic heterocycles. The maximum atomic E-state index is 13.5. The largest absolute Gasteiger partial charge is 0.396 e. The fourth-order valence-corrected chi connectivity index (χ4v) is 1.47. The molecule has 5 heteroatoms. The Morgan fingerprint density at radius 2 is 2.20 bits per heavy atom. The normalized spacial score (nSPS) is 12.2. The van der Waals surface area contributed by atoms with Crippen molar-refractivity contribution < 1.29 is 13.9 Å². The number of imidazole rings is 1. The minimum Gasteiger partial charge on any atom is -0.396 e. The molecule has 0 saturated carbocycles. The van der Waals surface area contributed by atoms with Gasteiger partial charge in [0.05, 0.1) is 6.20 Å². The average Bonchev–Trinajstić information content (AvgIpc) is 2.61. The van der Waals surface area contributed by atoms with Gasteiger partial charge < -0.3 is 5.11 Å². The van der Waals surface area contributed by atoms with Gasteiger partial charge in [0.15, 0.2) is 0 Å². The van der Waals surface area contributed by atoms with Crippen LogP contribution in [0.5, 0.6) is 0 Å². The molecule has 0 aliphatic heterocycles. The van der Waals surface area contributed by atoms with Crippen molar-refractivity contribution in [1.29, 1.82) is 0 Å². The van der Waals surface area contributed by atoms with Crippen LogP contribution in [0.15, 0.2) is 30.6 Å². The van der Waals surface area contributed by atoms with Crippen molar-refractivity contribution in [2.75, 3.05) is 6.61 Å². The zero-order chi connectivity index (χ0) is 10.9. The van der Waals surface area contributed by atoms with Crippen LogP contribution in [0.4, 0.5) is 8.78 Å². The Balaban J connectivity index is 2.52. The number of halogens is 2. The van der Waals surface area contributed by atoms with Gasteiger partial charge in [0.25, 0.3) is 5.92 Å². The van der Waals surface area contributed by atoms with E-state index in [0.29, 0.717) is 5.65 Å². The molecule has 15 heavy (non-hydrogen) atoms. The first-order chi connectivity index (χ1) is 7.15. The zero-order valence-corrected chi connectivity index (χ0v) is 7.90. The van der Waals surface area contributed by atoms with Crippen LogP contribution in [0.3, 0.4) is 0 Å². The Bertz CT molecular complexity index is 467. The fourth-order valence-electron chi connectivity index (χ4n) is 1.47. The minimum absolute atomic E-state index is 0.188. The molecule has 3 nitrogen and oxygen atoms in total. The molecule has 0 atom stereocenters. The highest BCUT2D eigenvalue weighted by Gasteiger charge is 2.34. The number of aliphatic hydroxyl groups excluding tert-OH is 1. The molecule has 0 amide bonds. The molecule has 0 fully saturated rings. The van der Waals surface area contributed by atoms with Crippen molar-refractivity contribution in [2.24, 2.45) is 0 Å². The van der Waals surface area contributed by atoms with E-state index in [1.165, 1.54) is 10.6 Å². The molecular weight excluding hydrogens is 202 g/mol. The lowest BCUT2D eigenvalue weighted by Gasteiger charge is -2.14. The maximum Gasteiger partial charge on any atom is 0.291 e. The van der Waals surface area contributed by atoms with E-state index < -0.39 is 19.0 Å². The lowest BCUT2D eigenvalue weighted by atomic mass is 10.2. The van der Waals surface area contributed by atoms with Gasteiger partial charge in [0, 0.05) is 19.2 Å². The Labute approximate surface area is 85.0 Å². The third kappa shape index (κ3) is 1.70. The van der Waals surface area contributed by atoms with Gasteiger partial charge in [0.2, 0.25) is 0 Å². The van der Waals surface area contributed by atoms with Gasteiger partial charge in [0.1, 0.15) is 11.3 Å². The molecule has 0 aliphatic carbocycles. The van der Waals surface area contributed by atoms with Crippen LogP contribution < -0.4 is 0 Å². The Morgan fingerprint density at radius 3 is 2.93 bits per heavy atom. The van der Waals surface area contributed by atoms with Gasteiger partial charge in [-0.25, -0.2) is 4.98 Å². The van der Waals surface area contributed by atoms with Gasteiger partial charge in [-0.15, -0.1) is 0 Å². The van der Waals surface area contributed by atoms with E-state index in [1.807, 2.05) is 0 Å². The molecule has 0 aromatic carbocycles. The zero-order valence-electron chi connectivity index (χ0n) is 7.90. The lowest BCUT2D eigenvalue weighted by Crippen LogP contribution is -2.17. The lowest BCUT2D eigenvalue weighted by molar-refractivity contribution is -0.0317. The predicted octanol–water partition coefficient (Wildman–Crippen LogP) is 1.81. The van der Waals surface area contributed by atoms with Crippen LogP contribution in [0.1, 0.15) is 12.1 Å². The topological polar surface area (TPSA) is 37.5 Å². The summed E-state index contributed by atoms with van der Waals surface area (Å²) in [5.41, 5.74) is 0.289. The number of fused-ring (bicyclic) bond motifs is 1. The van der Waals surface area contributed by atoms with Crippen molar-refractivity contribution in [1.82, 2.24) is 9.38 Å². The standard InChI is InChI=1S/C10H10F2N2O/c11-10(12,4-6-15)8-7-13-9-3-1-2-5-14(8)9/h1-3,5,7,15H,4,6H2. The summed E-state index contributed by atoms with van der Waals surface area (Å²) < 4.78 is 28.3. The van der Waals surface area contributed by atoms with Crippen LogP contribution in [-0.4, -0.2) is 21.1 Å². The average molecular weight is 212 g/mol. The van der Waals surface area contributed by atoms with E-state index in [9.17, 15) is 8.78 Å². The molecule has 0 radical (unpaired) electrons. The summed E-state index contributed by atoms with van der Waals surface area (Å²) in [6.45, 7) is -0.549. The summed E-state index contributed by atoms with van der Waals surface area (Å²) in [5.74, 6) is -3.05. The van der Waals surface area contributed by atoms with Crippen LogP contribution in [0.2, 0.25) is 0 Å². The Morgan fingerprint density at radius 1 is 1.40 bits per heavy atom. The molecule has 80 valence electrons. The fraction of sp³-hybridized carbons (Fsp3) is 0.300. The molecule has 0 aliphatic rings. The minimum atomic E-state index is -3.05. The summed E-state index contributed by atoms with van der Waals surface area (Å²) in [7, 11) is 0. The second kappa shape index (κ2) is 3.58. The first kappa shape index (κ1) is 10.0. The van der Waals surface area contributed by atoms with Crippen LogP contribution in [0, 0.1) is 0 Å². The van der Waals surface area contributed by atoms with E-state index in [0.717, 1.165) is 6.20 Å². The van der Waals surface area contributed by atoms with Crippen molar-refractivity contribution >= 4 is 5.65 Å². The van der Waals surface area contributed by atoms with Crippen molar-refractivity contribution in [2.45, 2.75) is 12.3 Å². The summed E-state index contributed by atoms with van der Waals surface area (Å²) in [4.78, 5) is 3.87. The number of aliphatic hydroxyl groups is 1. The van der Waals surface area contributed by atoms with E-state index in [4.69, 9.17) is 5.11 Å². The SMILES string of the molecule is OCCC(F)(F)c1cnc2ccccn12. The van der Waals surface area contributed by atoms with Crippen LogP contribution in [0.25, 0.3) is 5.65 Å². The highest BCUT2D eigenvalue weighted by Crippen LogP contribution is 2.31. The third-order valence-electron chi connectivity index (χ3n) is 2.22. The number of nitrogens with zero attached hydrogens (tertiary/aromatic N) is 2. The second-order valence-electron chi connectivity index (χ2n) is 3.25. The monoisotopic (exact) mass is 212 g/mol. The number of hydrogen-bond donors (Lipinski definition) is 1. The summed E-state index contributed by atoms with van der Waals surface area (Å²) in [6, 6.07) is 5.04. The highest BCUT2D eigenvalue weighted by molar-refractivity contribution is 5.40. The van der Waals surface area contributed by atoms with Crippen molar-refractivity contribution in [3.63, 3.8) is 0 Å². The van der Waals surface area contributed by atoms with E-state index in [1.54, 1.807) is 18.2 Å². The van der Waals surface area contributed by atoms with Crippen LogP contribution >= 0.6 is 0 Å². The van der Waals surface area contributed by atoms with Crippen LogP contribution in [-0.2, 0) is 5.92 Å². The van der Waals surface area contributed by atoms with Gasteiger partial charge in [-0.2, -0.15) is 8.78 Å². The Kier molecular flexibility index (Phi) is 2.40. The molecular formula is C10H10F2N2O. The first-order valence-corrected chi connectivity index (χ1v) is 4.56. The number of hydrogen-bond acceptors (Lipinski definition) is 2. The molecule has 0 unspecified atom stereocenters. The quantitative estimate of drug-likeness (QED) is 0.842. The first-order valence-electron chi connectivity index (χ1n) is 4.56. The van der Waals surface area contributed by atoms with E-state index in [2.05, 4.69) is 4.98 Å². The summed E-state index contributed by atoms with van der Waals surface area (Å²) >= 11 is 0. The number of rotatable bonds is 3. The van der Waals surface area contributed by atoms with Gasteiger partial charge in [-0.05, 0) is 12.1 Å². The molecule has 1 N–H and O–H groups in total. The van der Waals surface area contributed by atoms with Crippen molar-refractivity contribution in [3.05, 3.63) is 36.3 Å². The van der Waals surface area contributed by atoms with Gasteiger partial charge in [-0.3, -0.25) is 4.40 Å². The summed E-state index contributed by atoms with van der Waals surface area (Å²) in [5, 5.41) is 8.56. The van der Waals surface area contributed by atoms with Gasteiger partial charge >= 0.3 is 0 Å². The Hall–Kier alpha value is -1.49. The highest BCUT2D eigenvalue weighted by atomic mass is 19.3. The predicted molar refractivity (Wildman–Crippen MR) is 50.8 cm³/mol. The number of alkyl halides is 2. The van der Waals surface area contributed by atoms with E-state index in [-0.39, 0.29) is 5.69 Å². The second-order valence-corrected chi connectivity index (χ2v) is 3.25. The summed E-state index contributed by atoms with van der Waals surface area (Å²) in [6.07, 6.45) is 2.09. The van der Waals surface area contributed by atoms with Crippen molar-refractivity contribution in [3.8, 4) is 0 Å². The molecule has 2 aromatic rings. The maximum absolute atomic E-state index is 13.5.